The van der Waals surface area contributed by atoms with E-state index in [4.69, 9.17) is 10.2 Å². The Bertz CT molecular complexity index is 495. The van der Waals surface area contributed by atoms with Gasteiger partial charge in [0.25, 0.3) is 0 Å². The number of nitrogens with zero attached hydrogens (tertiary/aromatic N) is 2. The molecule has 0 spiro atoms. The summed E-state index contributed by atoms with van der Waals surface area (Å²) < 4.78 is 5.38. The van der Waals surface area contributed by atoms with E-state index in [9.17, 15) is 0 Å². The average Bonchev–Trinajstić information content (AvgIpc) is 2.80. The van der Waals surface area contributed by atoms with Gasteiger partial charge in [-0.3, -0.25) is 0 Å². The standard InChI is InChI=1S/C13H18N4O/c1-10-4-2-3-5-11(10)7-9-15-13-17-16-12(18-13)6-8-14/h2-5H,6-9,14H2,1H3,(H,15,17). The van der Waals surface area contributed by atoms with Gasteiger partial charge in [0.2, 0.25) is 5.89 Å². The van der Waals surface area contributed by atoms with Crippen LogP contribution >= 0.6 is 0 Å². The third-order valence-corrected chi connectivity index (χ3v) is 2.76. The third kappa shape index (κ3) is 3.30. The maximum absolute atomic E-state index is 5.41. The van der Waals surface area contributed by atoms with Gasteiger partial charge >= 0.3 is 6.01 Å². The van der Waals surface area contributed by atoms with Gasteiger partial charge in [-0.05, 0) is 24.5 Å². The number of nitrogens with one attached hydrogen (secondary N) is 1. The largest absolute Gasteiger partial charge is 0.408 e. The lowest BCUT2D eigenvalue weighted by molar-refractivity contribution is 0.506. The van der Waals surface area contributed by atoms with Crippen LogP contribution in [0.5, 0.6) is 0 Å². The molecular weight excluding hydrogens is 228 g/mol. The van der Waals surface area contributed by atoms with Crippen LogP contribution in [0.2, 0.25) is 0 Å². The first-order valence-electron chi connectivity index (χ1n) is 6.10. The number of benzene rings is 1. The van der Waals surface area contributed by atoms with Crippen molar-refractivity contribution in [1.82, 2.24) is 10.2 Å². The molecule has 5 nitrogen and oxygen atoms in total. The van der Waals surface area contributed by atoms with Crippen molar-refractivity contribution in [2.45, 2.75) is 19.8 Å². The minimum atomic E-state index is 0.465. The maximum atomic E-state index is 5.41. The lowest BCUT2D eigenvalue weighted by Gasteiger charge is -2.05. The average molecular weight is 246 g/mol. The van der Waals surface area contributed by atoms with Crippen molar-refractivity contribution in [2.75, 3.05) is 18.4 Å². The van der Waals surface area contributed by atoms with Gasteiger partial charge in [-0.25, -0.2) is 0 Å². The molecule has 0 aliphatic carbocycles. The summed E-state index contributed by atoms with van der Waals surface area (Å²) in [5, 5.41) is 10.9. The van der Waals surface area contributed by atoms with Crippen molar-refractivity contribution in [1.29, 1.82) is 0 Å². The lowest BCUT2D eigenvalue weighted by atomic mass is 10.1. The highest BCUT2D eigenvalue weighted by Gasteiger charge is 2.04. The van der Waals surface area contributed by atoms with Gasteiger partial charge in [0.15, 0.2) is 0 Å². The molecule has 0 bridgehead atoms. The number of hydrogen-bond donors (Lipinski definition) is 2. The summed E-state index contributed by atoms with van der Waals surface area (Å²) in [7, 11) is 0. The summed E-state index contributed by atoms with van der Waals surface area (Å²) in [6.07, 6.45) is 1.55. The smallest absolute Gasteiger partial charge is 0.315 e. The monoisotopic (exact) mass is 246 g/mol. The molecular formula is C13H18N4O. The van der Waals surface area contributed by atoms with Gasteiger partial charge in [0, 0.05) is 19.5 Å². The Morgan fingerprint density at radius 3 is 2.83 bits per heavy atom. The highest BCUT2D eigenvalue weighted by atomic mass is 16.4. The Kier molecular flexibility index (Phi) is 4.30. The molecule has 0 unspecified atom stereocenters. The molecule has 0 aliphatic rings. The normalized spacial score (nSPS) is 10.6. The number of aromatic nitrogens is 2. The van der Waals surface area contributed by atoms with Crippen LogP contribution in [0.25, 0.3) is 0 Å². The molecule has 0 fully saturated rings. The summed E-state index contributed by atoms with van der Waals surface area (Å²) in [4.78, 5) is 0. The fourth-order valence-corrected chi connectivity index (χ4v) is 1.74. The van der Waals surface area contributed by atoms with Gasteiger partial charge in [-0.1, -0.05) is 29.4 Å². The Morgan fingerprint density at radius 2 is 2.06 bits per heavy atom. The molecule has 0 saturated carbocycles. The molecule has 1 heterocycles. The maximum Gasteiger partial charge on any atom is 0.315 e. The summed E-state index contributed by atoms with van der Waals surface area (Å²) in [6.45, 7) is 3.40. The number of rotatable bonds is 6. The Labute approximate surface area is 106 Å². The van der Waals surface area contributed by atoms with E-state index in [-0.39, 0.29) is 0 Å². The van der Waals surface area contributed by atoms with E-state index in [0.29, 0.717) is 24.9 Å². The van der Waals surface area contributed by atoms with E-state index in [1.54, 1.807) is 0 Å². The first kappa shape index (κ1) is 12.6. The van der Waals surface area contributed by atoms with Crippen LogP contribution in [0.4, 0.5) is 6.01 Å². The minimum absolute atomic E-state index is 0.465. The second-order valence-corrected chi connectivity index (χ2v) is 4.14. The number of aryl methyl sites for hydroxylation is 1. The van der Waals surface area contributed by atoms with Crippen molar-refractivity contribution in [3.8, 4) is 0 Å². The van der Waals surface area contributed by atoms with Gasteiger partial charge in [0.05, 0.1) is 0 Å². The minimum Gasteiger partial charge on any atom is -0.408 e. The van der Waals surface area contributed by atoms with Gasteiger partial charge in [0.1, 0.15) is 0 Å². The molecule has 18 heavy (non-hydrogen) atoms. The zero-order valence-corrected chi connectivity index (χ0v) is 10.5. The first-order chi connectivity index (χ1) is 8.79. The first-order valence-corrected chi connectivity index (χ1v) is 6.10. The van der Waals surface area contributed by atoms with E-state index in [1.807, 2.05) is 12.1 Å². The van der Waals surface area contributed by atoms with Gasteiger partial charge < -0.3 is 15.5 Å². The van der Waals surface area contributed by atoms with Crippen molar-refractivity contribution in [2.24, 2.45) is 5.73 Å². The molecule has 0 atom stereocenters. The van der Waals surface area contributed by atoms with Gasteiger partial charge in [-0.15, -0.1) is 5.10 Å². The summed E-state index contributed by atoms with van der Waals surface area (Å²) in [5.74, 6) is 0.580. The predicted molar refractivity (Wildman–Crippen MR) is 70.4 cm³/mol. The van der Waals surface area contributed by atoms with Crippen molar-refractivity contribution in [3.63, 3.8) is 0 Å². The quantitative estimate of drug-likeness (QED) is 0.808. The second-order valence-electron chi connectivity index (χ2n) is 4.14. The number of hydrogen-bond acceptors (Lipinski definition) is 5. The van der Waals surface area contributed by atoms with E-state index in [1.165, 1.54) is 11.1 Å². The van der Waals surface area contributed by atoms with Crippen LogP contribution < -0.4 is 11.1 Å². The molecule has 1 aromatic heterocycles. The zero-order valence-electron chi connectivity index (χ0n) is 10.5. The molecule has 0 saturated heterocycles. The van der Waals surface area contributed by atoms with E-state index in [2.05, 4.69) is 34.6 Å². The molecule has 5 heteroatoms. The van der Waals surface area contributed by atoms with Crippen LogP contribution in [0.15, 0.2) is 28.7 Å². The van der Waals surface area contributed by atoms with Crippen molar-refractivity contribution in [3.05, 3.63) is 41.3 Å². The Hall–Kier alpha value is -1.88. The van der Waals surface area contributed by atoms with Crippen LogP contribution in [0.1, 0.15) is 17.0 Å². The molecule has 1 aromatic carbocycles. The third-order valence-electron chi connectivity index (χ3n) is 2.76. The van der Waals surface area contributed by atoms with E-state index >= 15 is 0 Å². The van der Waals surface area contributed by atoms with Crippen LogP contribution in [0, 0.1) is 6.92 Å². The summed E-state index contributed by atoms with van der Waals surface area (Å²) >= 11 is 0. The van der Waals surface area contributed by atoms with Gasteiger partial charge in [-0.2, -0.15) is 0 Å². The summed E-state index contributed by atoms with van der Waals surface area (Å²) in [5.41, 5.74) is 8.04. The summed E-state index contributed by atoms with van der Waals surface area (Å²) in [6, 6.07) is 8.80. The van der Waals surface area contributed by atoms with E-state index in [0.717, 1.165) is 13.0 Å². The van der Waals surface area contributed by atoms with Crippen molar-refractivity contribution >= 4 is 6.01 Å². The fraction of sp³-hybridized carbons (Fsp3) is 0.385. The molecule has 2 rings (SSSR count). The molecule has 0 radical (unpaired) electrons. The van der Waals surface area contributed by atoms with Crippen LogP contribution in [0.3, 0.4) is 0 Å². The fourth-order valence-electron chi connectivity index (χ4n) is 1.74. The van der Waals surface area contributed by atoms with Crippen LogP contribution in [-0.2, 0) is 12.8 Å². The SMILES string of the molecule is Cc1ccccc1CCNc1nnc(CCN)o1. The van der Waals surface area contributed by atoms with Crippen LogP contribution in [-0.4, -0.2) is 23.3 Å². The topological polar surface area (TPSA) is 77.0 Å². The lowest BCUT2D eigenvalue weighted by Crippen LogP contribution is -2.06. The number of nitrogens with two attached hydrogens (primary N) is 1. The molecule has 0 amide bonds. The Balaban J connectivity index is 1.83. The molecule has 2 aromatic rings. The number of anilines is 1. The van der Waals surface area contributed by atoms with E-state index < -0.39 is 0 Å². The molecule has 0 aliphatic heterocycles. The second kappa shape index (κ2) is 6.16. The molecule has 3 N–H and O–H groups in total. The molecule has 96 valence electrons. The Morgan fingerprint density at radius 1 is 1.22 bits per heavy atom. The zero-order chi connectivity index (χ0) is 12.8. The highest BCUT2D eigenvalue weighted by Crippen LogP contribution is 2.09. The van der Waals surface area contributed by atoms with Crippen molar-refractivity contribution < 1.29 is 4.42 Å². The predicted octanol–water partition coefficient (Wildman–Crippen LogP) is 1.53. The highest BCUT2D eigenvalue weighted by molar-refractivity contribution is 5.27.